The van der Waals surface area contributed by atoms with Gasteiger partial charge < -0.3 is 5.73 Å². The molecule has 5 nitrogen and oxygen atoms in total. The molecule has 2 aromatic rings. The molecule has 3 rings (SSSR count). The van der Waals surface area contributed by atoms with Gasteiger partial charge in [0.1, 0.15) is 17.4 Å². The van der Waals surface area contributed by atoms with Gasteiger partial charge in [0.05, 0.1) is 14.4 Å². The number of amides is 1. The number of nitrogens with two attached hydrogens (primary N) is 1. The van der Waals surface area contributed by atoms with Crippen LogP contribution in [0.5, 0.6) is 0 Å². The summed E-state index contributed by atoms with van der Waals surface area (Å²) in [6.07, 6.45) is 2.18. The molecule has 1 aromatic heterocycles. The second-order valence-corrected chi connectivity index (χ2v) is 9.56. The van der Waals surface area contributed by atoms with Crippen LogP contribution in [0.25, 0.3) is 11.1 Å². The highest BCUT2D eigenvalue weighted by molar-refractivity contribution is 14.1. The maximum Gasteiger partial charge on any atom is 0.235 e. The second-order valence-electron chi connectivity index (χ2n) is 6.70. The number of hydrogen-bond acceptors (Lipinski definition) is 5. The van der Waals surface area contributed by atoms with Gasteiger partial charge in [0, 0.05) is 17.5 Å². The van der Waals surface area contributed by atoms with E-state index in [1.54, 1.807) is 19.2 Å². The average Bonchev–Trinajstić information content (AvgIpc) is 3.06. The van der Waals surface area contributed by atoms with Gasteiger partial charge in [0.2, 0.25) is 5.91 Å². The number of halogens is 2. The Bertz CT molecular complexity index is 1040. The number of guanidine groups is 1. The third kappa shape index (κ3) is 3.33. The van der Waals surface area contributed by atoms with Gasteiger partial charge in [-0.05, 0) is 59.7 Å². The molecule has 1 aliphatic rings. The lowest BCUT2D eigenvalue weighted by Crippen LogP contribution is -2.53. The van der Waals surface area contributed by atoms with E-state index >= 15 is 0 Å². The van der Waals surface area contributed by atoms with Crippen molar-refractivity contribution in [2.24, 2.45) is 16.6 Å². The minimum Gasteiger partial charge on any atom is -0.369 e. The quantitative estimate of drug-likeness (QED) is 0.496. The van der Waals surface area contributed by atoms with Crippen LogP contribution in [0.4, 0.5) is 4.39 Å². The van der Waals surface area contributed by atoms with Crippen LogP contribution in [-0.2, 0) is 10.3 Å². The first-order valence-corrected chi connectivity index (χ1v) is 10.4. The number of rotatable bonds is 4. The molecule has 8 heteroatoms. The van der Waals surface area contributed by atoms with E-state index < -0.39 is 17.3 Å². The Morgan fingerprint density at radius 1 is 1.54 bits per heavy atom. The molecule has 0 saturated carbocycles. The van der Waals surface area contributed by atoms with Crippen molar-refractivity contribution in [3.8, 4) is 17.2 Å². The molecular weight excluding hydrogens is 490 g/mol. The Kier molecular flexibility index (Phi) is 5.59. The van der Waals surface area contributed by atoms with Gasteiger partial charge in [0.15, 0.2) is 5.96 Å². The number of aliphatic imine (C=N–C) groups is 1. The third-order valence-corrected chi connectivity index (χ3v) is 7.38. The molecule has 2 heterocycles. The molecule has 2 N–H and O–H groups in total. The van der Waals surface area contributed by atoms with E-state index in [-0.39, 0.29) is 17.4 Å². The number of carbonyl (C=O) groups is 1. The zero-order valence-electron chi connectivity index (χ0n) is 15.4. The van der Waals surface area contributed by atoms with Gasteiger partial charge in [-0.1, -0.05) is 12.1 Å². The molecule has 0 aliphatic carbocycles. The van der Waals surface area contributed by atoms with Crippen LogP contribution in [-0.4, -0.2) is 23.8 Å². The predicted molar refractivity (Wildman–Crippen MR) is 117 cm³/mol. The largest absolute Gasteiger partial charge is 0.369 e. The van der Waals surface area contributed by atoms with Gasteiger partial charge in [-0.3, -0.25) is 9.69 Å². The number of hydrogen-bond donors (Lipinski definition) is 1. The van der Waals surface area contributed by atoms with Crippen LogP contribution < -0.4 is 5.73 Å². The Labute approximate surface area is 180 Å². The minimum atomic E-state index is -0.831. The number of nitriles is 1. The van der Waals surface area contributed by atoms with Crippen LogP contribution in [0, 0.1) is 26.0 Å². The van der Waals surface area contributed by atoms with E-state index in [2.05, 4.69) is 34.2 Å². The van der Waals surface area contributed by atoms with Crippen LogP contribution in [0.3, 0.4) is 0 Å². The van der Waals surface area contributed by atoms with Crippen molar-refractivity contribution in [1.82, 2.24) is 4.90 Å². The van der Waals surface area contributed by atoms with Crippen LogP contribution in [0.15, 0.2) is 41.9 Å². The van der Waals surface area contributed by atoms with Crippen LogP contribution >= 0.6 is 33.9 Å². The van der Waals surface area contributed by atoms with E-state index in [0.717, 1.165) is 18.9 Å². The molecule has 28 heavy (non-hydrogen) atoms. The molecule has 0 fully saturated rings. The molecular formula is C20H18FIN4OS. The molecule has 0 radical (unpaired) electrons. The summed E-state index contributed by atoms with van der Waals surface area (Å²) in [6, 6.07) is 8.29. The Balaban J connectivity index is 2.14. The first-order valence-electron chi connectivity index (χ1n) is 8.46. The summed E-state index contributed by atoms with van der Waals surface area (Å²) in [4.78, 5) is 19.7. The van der Waals surface area contributed by atoms with Gasteiger partial charge in [0.25, 0.3) is 0 Å². The van der Waals surface area contributed by atoms with Crippen molar-refractivity contribution in [3.05, 3.63) is 56.1 Å². The summed E-state index contributed by atoms with van der Waals surface area (Å²) in [5.41, 5.74) is 6.78. The number of nitrogens with zero attached hydrogens (tertiary/aromatic N) is 3. The fourth-order valence-corrected chi connectivity index (χ4v) is 5.53. The molecule has 0 spiro atoms. The third-order valence-electron chi connectivity index (χ3n) is 4.98. The summed E-state index contributed by atoms with van der Waals surface area (Å²) in [6.45, 7) is 5.67. The first kappa shape index (κ1) is 20.5. The maximum atomic E-state index is 13.7. The summed E-state index contributed by atoms with van der Waals surface area (Å²) in [5.74, 6) is -0.903. The Morgan fingerprint density at radius 2 is 2.25 bits per heavy atom. The second kappa shape index (κ2) is 7.64. The van der Waals surface area contributed by atoms with Crippen molar-refractivity contribution < 1.29 is 9.18 Å². The smallest absolute Gasteiger partial charge is 0.235 e. The molecule has 1 aliphatic heterocycles. The number of benzene rings is 1. The summed E-state index contributed by atoms with van der Waals surface area (Å²) in [7, 11) is 1.61. The number of carbonyl (C=O) groups excluding carboxylic acids is 1. The van der Waals surface area contributed by atoms with Crippen molar-refractivity contribution in [2.45, 2.75) is 18.9 Å². The normalized spacial score (nSPS) is 22.0. The Morgan fingerprint density at radius 3 is 2.89 bits per heavy atom. The lowest BCUT2D eigenvalue weighted by Gasteiger charge is -2.39. The van der Waals surface area contributed by atoms with E-state index in [4.69, 9.17) is 11.0 Å². The van der Waals surface area contributed by atoms with Gasteiger partial charge in [-0.2, -0.15) is 5.26 Å². The fraction of sp³-hybridized carbons (Fsp3) is 0.250. The fourth-order valence-electron chi connectivity index (χ4n) is 3.30. The first-order chi connectivity index (χ1) is 13.2. The molecule has 1 amide bonds. The van der Waals surface area contributed by atoms with Gasteiger partial charge in [-0.25, -0.2) is 9.38 Å². The monoisotopic (exact) mass is 508 g/mol. The predicted octanol–water partition coefficient (Wildman–Crippen LogP) is 4.22. The van der Waals surface area contributed by atoms with Crippen molar-refractivity contribution in [1.29, 1.82) is 5.26 Å². The molecule has 0 saturated heterocycles. The lowest BCUT2D eigenvalue weighted by atomic mass is 9.80. The van der Waals surface area contributed by atoms with E-state index in [9.17, 15) is 9.18 Å². The van der Waals surface area contributed by atoms with E-state index in [1.165, 1.54) is 28.4 Å². The number of thiophene rings is 1. The average molecular weight is 508 g/mol. The molecule has 144 valence electrons. The number of allylic oxidation sites excluding steroid dienone is 1. The summed E-state index contributed by atoms with van der Waals surface area (Å²) in [5, 5.41) is 9.11. The SMILES string of the molecule is C=CC[C@H]1C(=O)N(C)C(N)=N[C@]1(C)c1cc(-c2ccc(F)c(C#N)c2)c(I)s1. The van der Waals surface area contributed by atoms with Crippen molar-refractivity contribution in [2.75, 3.05) is 7.05 Å². The van der Waals surface area contributed by atoms with Gasteiger partial charge >= 0.3 is 0 Å². The van der Waals surface area contributed by atoms with E-state index in [0.29, 0.717) is 6.42 Å². The van der Waals surface area contributed by atoms with Crippen LogP contribution in [0.2, 0.25) is 0 Å². The topological polar surface area (TPSA) is 82.5 Å². The molecule has 1 aromatic carbocycles. The highest BCUT2D eigenvalue weighted by atomic mass is 127. The highest BCUT2D eigenvalue weighted by Crippen LogP contribution is 2.46. The van der Waals surface area contributed by atoms with Crippen LogP contribution in [0.1, 0.15) is 23.8 Å². The van der Waals surface area contributed by atoms with E-state index in [1.807, 2.05) is 19.1 Å². The lowest BCUT2D eigenvalue weighted by molar-refractivity contribution is -0.133. The summed E-state index contributed by atoms with van der Waals surface area (Å²) < 4.78 is 14.7. The highest BCUT2D eigenvalue weighted by Gasteiger charge is 2.46. The van der Waals surface area contributed by atoms with Gasteiger partial charge in [-0.15, -0.1) is 17.9 Å². The van der Waals surface area contributed by atoms with Crippen molar-refractivity contribution in [3.63, 3.8) is 0 Å². The van der Waals surface area contributed by atoms with Crippen molar-refractivity contribution >= 4 is 45.8 Å². The molecule has 2 atom stereocenters. The zero-order valence-corrected chi connectivity index (χ0v) is 18.3. The Hall–Kier alpha value is -2.25. The maximum absolute atomic E-state index is 13.7. The molecule has 0 bridgehead atoms. The zero-order chi connectivity index (χ0) is 20.6. The minimum absolute atomic E-state index is 0.00599. The standard InChI is InChI=1S/C20H18FIN4OS/c1-4-5-14-18(27)26(3)19(24)25-20(14,2)16-9-13(17(22)28-16)11-6-7-15(21)12(8-11)10-23/h4,6-9,14H,1,5H2,2-3H3,(H2,24,25)/t14-,20-/m0/s1. The molecule has 0 unspecified atom stereocenters. The summed E-state index contributed by atoms with van der Waals surface area (Å²) >= 11 is 3.72.